The molecule has 1 aliphatic carbocycles. The van der Waals surface area contributed by atoms with Gasteiger partial charge in [-0.1, -0.05) is 5.16 Å². The third-order valence-electron chi connectivity index (χ3n) is 3.02. The van der Waals surface area contributed by atoms with Crippen molar-refractivity contribution >= 4 is 34.1 Å². The van der Waals surface area contributed by atoms with Gasteiger partial charge in [0.25, 0.3) is 0 Å². The molecule has 0 saturated heterocycles. The molecule has 0 bridgehead atoms. The van der Waals surface area contributed by atoms with Gasteiger partial charge in [-0.15, -0.1) is 11.3 Å². The first-order chi connectivity index (χ1) is 10.8. The van der Waals surface area contributed by atoms with Crippen LogP contribution in [0.5, 0.6) is 0 Å². The number of alkyl halides is 3. The lowest BCUT2D eigenvalue weighted by molar-refractivity contribution is -0.167. The standard InChI is InChI=1S/C12H12F3N3O4S/c13-12(14,15)10(21)17-11-16-7(5-23-11)8(9(19)20)18-22-6-3-1-2-4-6/h5-6H,1-4H2,(H,19,20)(H,16,17,21). The molecule has 0 aliphatic heterocycles. The highest BCUT2D eigenvalue weighted by Crippen LogP contribution is 2.23. The molecule has 126 valence electrons. The second-order valence-electron chi connectivity index (χ2n) is 4.75. The van der Waals surface area contributed by atoms with Crippen molar-refractivity contribution in [3.8, 4) is 0 Å². The van der Waals surface area contributed by atoms with Gasteiger partial charge in [0, 0.05) is 5.38 Å². The molecule has 2 rings (SSSR count). The molecule has 1 aromatic rings. The van der Waals surface area contributed by atoms with Crippen molar-refractivity contribution < 1.29 is 32.7 Å². The molecule has 1 amide bonds. The first-order valence-corrected chi connectivity index (χ1v) is 7.46. The molecule has 1 saturated carbocycles. The predicted octanol–water partition coefficient (Wildman–Crippen LogP) is 2.39. The van der Waals surface area contributed by atoms with Crippen molar-refractivity contribution in [3.63, 3.8) is 0 Å². The fourth-order valence-electron chi connectivity index (χ4n) is 1.92. The minimum atomic E-state index is -5.05. The van der Waals surface area contributed by atoms with Crippen LogP contribution in [0.2, 0.25) is 0 Å². The number of nitrogens with zero attached hydrogens (tertiary/aromatic N) is 2. The summed E-state index contributed by atoms with van der Waals surface area (Å²) in [4.78, 5) is 30.7. The van der Waals surface area contributed by atoms with E-state index >= 15 is 0 Å². The Morgan fingerprint density at radius 1 is 1.39 bits per heavy atom. The number of hydrogen-bond acceptors (Lipinski definition) is 6. The summed E-state index contributed by atoms with van der Waals surface area (Å²) in [5.41, 5.74) is -0.710. The van der Waals surface area contributed by atoms with Crippen LogP contribution in [-0.2, 0) is 14.4 Å². The first-order valence-electron chi connectivity index (χ1n) is 6.58. The molecular weight excluding hydrogens is 339 g/mol. The van der Waals surface area contributed by atoms with Crippen molar-refractivity contribution in [1.29, 1.82) is 0 Å². The Kier molecular flexibility index (Phi) is 5.19. The predicted molar refractivity (Wildman–Crippen MR) is 74.3 cm³/mol. The van der Waals surface area contributed by atoms with Crippen LogP contribution in [0.1, 0.15) is 31.4 Å². The third kappa shape index (κ3) is 4.65. The zero-order valence-electron chi connectivity index (χ0n) is 11.6. The van der Waals surface area contributed by atoms with E-state index in [1.54, 1.807) is 5.32 Å². The maximum atomic E-state index is 12.1. The highest BCUT2D eigenvalue weighted by molar-refractivity contribution is 7.14. The van der Waals surface area contributed by atoms with Crippen LogP contribution >= 0.6 is 11.3 Å². The number of aliphatic carboxylic acids is 1. The normalized spacial score (nSPS) is 16.4. The Balaban J connectivity index is 2.09. The quantitative estimate of drug-likeness (QED) is 0.627. The number of halogens is 3. The van der Waals surface area contributed by atoms with Gasteiger partial charge < -0.3 is 9.94 Å². The summed E-state index contributed by atoms with van der Waals surface area (Å²) in [6.07, 6.45) is -1.77. The second-order valence-corrected chi connectivity index (χ2v) is 5.60. The first kappa shape index (κ1) is 17.2. The molecular formula is C12H12F3N3O4S. The van der Waals surface area contributed by atoms with Crippen molar-refractivity contribution in [3.05, 3.63) is 11.1 Å². The van der Waals surface area contributed by atoms with Crippen molar-refractivity contribution in [1.82, 2.24) is 4.98 Å². The number of carboxylic acid groups (broad SMARTS) is 1. The molecule has 1 fully saturated rings. The number of carbonyl (C=O) groups is 2. The summed E-state index contributed by atoms with van der Waals surface area (Å²) in [5.74, 6) is -3.61. The number of carboxylic acids is 1. The van der Waals surface area contributed by atoms with E-state index in [-0.39, 0.29) is 16.9 Å². The lowest BCUT2D eigenvalue weighted by atomic mass is 10.3. The van der Waals surface area contributed by atoms with Crippen LogP contribution in [0, 0.1) is 0 Å². The van der Waals surface area contributed by atoms with Gasteiger partial charge >= 0.3 is 18.1 Å². The lowest BCUT2D eigenvalue weighted by Crippen LogP contribution is -2.29. The number of thiazole rings is 1. The highest BCUT2D eigenvalue weighted by atomic mass is 32.1. The van der Waals surface area contributed by atoms with Crippen molar-refractivity contribution in [2.75, 3.05) is 5.32 Å². The number of rotatable bonds is 5. The minimum absolute atomic E-state index is 0.174. The number of oxime groups is 1. The smallest absolute Gasteiger partial charge is 0.471 e. The Bertz CT molecular complexity index is 623. The van der Waals surface area contributed by atoms with E-state index in [0.29, 0.717) is 11.3 Å². The summed E-state index contributed by atoms with van der Waals surface area (Å²) in [6, 6.07) is 0. The SMILES string of the molecule is O=C(O)C(=NOC1CCCC1)c1csc(NC(=O)C(F)(F)F)n1. The molecule has 0 unspecified atom stereocenters. The van der Waals surface area contributed by atoms with Crippen LogP contribution in [0.25, 0.3) is 0 Å². The maximum Gasteiger partial charge on any atom is 0.471 e. The Labute approximate surface area is 132 Å². The molecule has 7 nitrogen and oxygen atoms in total. The summed E-state index contributed by atoms with van der Waals surface area (Å²) in [5, 5.41) is 15.0. The largest absolute Gasteiger partial charge is 0.476 e. The molecule has 2 N–H and O–H groups in total. The molecule has 0 atom stereocenters. The highest BCUT2D eigenvalue weighted by Gasteiger charge is 2.39. The maximum absolute atomic E-state index is 12.1. The molecule has 0 aromatic carbocycles. The van der Waals surface area contributed by atoms with E-state index in [2.05, 4.69) is 10.1 Å². The molecule has 0 radical (unpaired) electrons. The molecule has 0 spiro atoms. The molecule has 1 heterocycles. The number of carbonyl (C=O) groups excluding carboxylic acids is 1. The van der Waals surface area contributed by atoms with Crippen LogP contribution in [0.4, 0.5) is 18.3 Å². The van der Waals surface area contributed by atoms with Gasteiger partial charge in [-0.3, -0.25) is 10.1 Å². The van der Waals surface area contributed by atoms with Gasteiger partial charge in [-0.05, 0) is 25.7 Å². The lowest BCUT2D eigenvalue weighted by Gasteiger charge is -2.07. The Morgan fingerprint density at radius 3 is 2.61 bits per heavy atom. The van der Waals surface area contributed by atoms with Gasteiger partial charge in [0.15, 0.2) is 5.13 Å². The Morgan fingerprint density at radius 2 is 2.04 bits per heavy atom. The third-order valence-corrected chi connectivity index (χ3v) is 3.78. The van der Waals surface area contributed by atoms with Gasteiger partial charge in [-0.25, -0.2) is 9.78 Å². The van der Waals surface area contributed by atoms with Crippen LogP contribution in [0.15, 0.2) is 10.5 Å². The van der Waals surface area contributed by atoms with Gasteiger partial charge in [0.05, 0.1) is 0 Å². The summed E-state index contributed by atoms with van der Waals surface area (Å²) < 4.78 is 36.4. The van der Waals surface area contributed by atoms with Crippen LogP contribution < -0.4 is 5.32 Å². The molecule has 1 aliphatic rings. The molecule has 23 heavy (non-hydrogen) atoms. The zero-order valence-corrected chi connectivity index (χ0v) is 12.4. The van der Waals surface area contributed by atoms with E-state index in [1.807, 2.05) is 0 Å². The van der Waals surface area contributed by atoms with Gasteiger partial charge in [-0.2, -0.15) is 13.2 Å². The van der Waals surface area contributed by atoms with E-state index in [0.717, 1.165) is 25.7 Å². The monoisotopic (exact) mass is 351 g/mol. The van der Waals surface area contributed by atoms with Crippen LogP contribution in [-0.4, -0.2) is 40.0 Å². The van der Waals surface area contributed by atoms with Gasteiger partial charge in [0.1, 0.15) is 11.8 Å². The van der Waals surface area contributed by atoms with Crippen molar-refractivity contribution in [2.24, 2.45) is 5.16 Å². The van der Waals surface area contributed by atoms with Crippen molar-refractivity contribution in [2.45, 2.75) is 38.0 Å². The fourth-order valence-corrected chi connectivity index (χ4v) is 2.61. The average molecular weight is 351 g/mol. The Hall–Kier alpha value is -2.17. The zero-order chi connectivity index (χ0) is 17.0. The minimum Gasteiger partial charge on any atom is -0.476 e. The molecule has 11 heteroatoms. The number of anilines is 1. The van der Waals surface area contributed by atoms with E-state index in [1.165, 1.54) is 5.38 Å². The number of aromatic nitrogens is 1. The average Bonchev–Trinajstić information content (AvgIpc) is 3.09. The summed E-state index contributed by atoms with van der Waals surface area (Å²) in [6.45, 7) is 0. The van der Waals surface area contributed by atoms with E-state index in [9.17, 15) is 22.8 Å². The number of amides is 1. The van der Waals surface area contributed by atoms with E-state index in [4.69, 9.17) is 9.94 Å². The van der Waals surface area contributed by atoms with Crippen LogP contribution in [0.3, 0.4) is 0 Å². The topological polar surface area (TPSA) is 101 Å². The second kappa shape index (κ2) is 6.94. The van der Waals surface area contributed by atoms with E-state index < -0.39 is 23.8 Å². The fraction of sp³-hybridized carbons (Fsp3) is 0.500. The molecule has 1 aromatic heterocycles. The summed E-state index contributed by atoms with van der Waals surface area (Å²) >= 11 is 0.655. The van der Waals surface area contributed by atoms with Gasteiger partial charge in [0.2, 0.25) is 5.71 Å². The summed E-state index contributed by atoms with van der Waals surface area (Å²) in [7, 11) is 0. The number of nitrogens with one attached hydrogen (secondary N) is 1. The number of hydrogen-bond donors (Lipinski definition) is 2.